The number of rotatable bonds is 5. The molecule has 3 heterocycles. The zero-order chi connectivity index (χ0) is 22.2. The normalized spacial score (nSPS) is 15.8. The fraction of sp³-hybridized carbons (Fsp3) is 0.300. The number of nitrogens with one attached hydrogen (secondary N) is 1. The number of thiazole rings is 1. The fourth-order valence-corrected chi connectivity index (χ4v) is 6.77. The molecule has 1 fully saturated rings. The van der Waals surface area contributed by atoms with E-state index in [9.17, 15) is 13.2 Å². The van der Waals surface area contributed by atoms with Gasteiger partial charge in [0.05, 0.1) is 19.8 Å². The first-order valence-corrected chi connectivity index (χ1v) is 13.0. The number of halogens is 1. The van der Waals surface area contributed by atoms with Crippen LogP contribution in [0.3, 0.4) is 0 Å². The highest BCUT2D eigenvalue weighted by atomic mass is 35.5. The van der Waals surface area contributed by atoms with Gasteiger partial charge in [-0.1, -0.05) is 17.7 Å². The van der Waals surface area contributed by atoms with Crippen LogP contribution in [-0.2, 0) is 10.0 Å². The molecule has 4 rings (SSSR count). The maximum absolute atomic E-state index is 13.0. The summed E-state index contributed by atoms with van der Waals surface area (Å²) in [6, 6.07) is 10.0. The standard InChI is InChI=1S/C20H21ClN4O3S3/c1-13-18(30-20(22-13)16-6-7-17(21)29-16)19(26)23-14-4-3-5-15(12-14)31(27,28)25-10-8-24(2)9-11-25/h3-7,12H,8-11H2,1-2H3,(H,23,26). The first-order valence-electron chi connectivity index (χ1n) is 9.57. The van der Waals surface area contributed by atoms with Crippen molar-refractivity contribution in [2.24, 2.45) is 0 Å². The number of anilines is 1. The summed E-state index contributed by atoms with van der Waals surface area (Å²) in [4.78, 5) is 21.0. The third kappa shape index (κ3) is 4.84. The van der Waals surface area contributed by atoms with Crippen molar-refractivity contribution in [2.45, 2.75) is 11.8 Å². The number of likely N-dealkylation sites (N-methyl/N-ethyl adjacent to an activating group) is 1. The average molecular weight is 497 g/mol. The van der Waals surface area contributed by atoms with Crippen molar-refractivity contribution in [3.63, 3.8) is 0 Å². The molecule has 0 spiro atoms. The van der Waals surface area contributed by atoms with Crippen LogP contribution >= 0.6 is 34.3 Å². The van der Waals surface area contributed by atoms with Gasteiger partial charge >= 0.3 is 0 Å². The summed E-state index contributed by atoms with van der Waals surface area (Å²) in [5.74, 6) is -0.321. The minimum Gasteiger partial charge on any atom is -0.321 e. The molecule has 31 heavy (non-hydrogen) atoms. The van der Waals surface area contributed by atoms with E-state index in [1.54, 1.807) is 31.2 Å². The zero-order valence-corrected chi connectivity index (χ0v) is 20.2. The quantitative estimate of drug-likeness (QED) is 0.576. The second kappa shape index (κ2) is 8.97. The number of sulfonamides is 1. The molecule has 0 aliphatic carbocycles. The Labute approximate surface area is 194 Å². The van der Waals surface area contributed by atoms with E-state index in [-0.39, 0.29) is 10.8 Å². The Kier molecular flexibility index (Phi) is 6.47. The molecule has 11 heteroatoms. The number of thiophene rings is 1. The number of hydrogen-bond acceptors (Lipinski definition) is 7. The number of amides is 1. The van der Waals surface area contributed by atoms with Gasteiger partial charge in [-0.15, -0.1) is 22.7 Å². The smallest absolute Gasteiger partial charge is 0.267 e. The molecule has 0 unspecified atom stereocenters. The summed E-state index contributed by atoms with van der Waals surface area (Å²) in [7, 11) is -1.64. The number of aromatic nitrogens is 1. The van der Waals surface area contributed by atoms with Gasteiger partial charge in [-0.2, -0.15) is 4.31 Å². The highest BCUT2D eigenvalue weighted by Gasteiger charge is 2.27. The maximum atomic E-state index is 13.0. The molecule has 1 aliphatic heterocycles. The fourth-order valence-electron chi connectivity index (χ4n) is 3.24. The molecule has 0 atom stereocenters. The molecule has 1 saturated heterocycles. The van der Waals surface area contributed by atoms with E-state index in [1.807, 2.05) is 13.1 Å². The van der Waals surface area contributed by atoms with Crippen LogP contribution in [0.5, 0.6) is 0 Å². The molecule has 0 radical (unpaired) electrons. The maximum Gasteiger partial charge on any atom is 0.267 e. The van der Waals surface area contributed by atoms with Gasteiger partial charge in [-0.3, -0.25) is 4.79 Å². The lowest BCUT2D eigenvalue weighted by Gasteiger charge is -2.31. The largest absolute Gasteiger partial charge is 0.321 e. The second-order valence-electron chi connectivity index (χ2n) is 7.23. The molecular weight excluding hydrogens is 476 g/mol. The van der Waals surface area contributed by atoms with Crippen LogP contribution in [0.1, 0.15) is 15.4 Å². The number of piperazine rings is 1. The number of hydrogen-bond donors (Lipinski definition) is 1. The van der Waals surface area contributed by atoms with Crippen molar-refractivity contribution in [1.29, 1.82) is 0 Å². The van der Waals surface area contributed by atoms with Gasteiger partial charge in [0.25, 0.3) is 5.91 Å². The van der Waals surface area contributed by atoms with E-state index in [1.165, 1.54) is 33.0 Å². The Morgan fingerprint density at radius 1 is 1.13 bits per heavy atom. The third-order valence-corrected chi connectivity index (χ3v) is 9.43. The molecular formula is C20H21ClN4O3S3. The molecule has 1 aliphatic rings. The molecule has 7 nitrogen and oxygen atoms in total. The summed E-state index contributed by atoms with van der Waals surface area (Å²) in [6.07, 6.45) is 0. The van der Waals surface area contributed by atoms with Crippen LogP contribution in [0.4, 0.5) is 5.69 Å². The lowest BCUT2D eigenvalue weighted by molar-refractivity contribution is 0.102. The lowest BCUT2D eigenvalue weighted by Crippen LogP contribution is -2.47. The topological polar surface area (TPSA) is 82.6 Å². The van der Waals surface area contributed by atoms with Gasteiger partial charge in [0.1, 0.15) is 9.88 Å². The molecule has 2 aromatic heterocycles. The van der Waals surface area contributed by atoms with Gasteiger partial charge in [0.2, 0.25) is 10.0 Å². The highest BCUT2D eigenvalue weighted by Crippen LogP contribution is 2.35. The van der Waals surface area contributed by atoms with Crippen molar-refractivity contribution in [3.05, 3.63) is 51.3 Å². The number of aryl methyl sites for hydroxylation is 1. The Bertz CT molecular complexity index is 1210. The number of carbonyl (C=O) groups is 1. The molecule has 164 valence electrons. The van der Waals surface area contributed by atoms with Crippen LogP contribution in [0, 0.1) is 6.92 Å². The van der Waals surface area contributed by atoms with Crippen LogP contribution in [0.2, 0.25) is 4.34 Å². The van der Waals surface area contributed by atoms with E-state index in [0.717, 1.165) is 9.88 Å². The van der Waals surface area contributed by atoms with E-state index >= 15 is 0 Å². The second-order valence-corrected chi connectivity index (χ2v) is 11.9. The number of carbonyl (C=O) groups excluding carboxylic acids is 1. The van der Waals surface area contributed by atoms with Gasteiger partial charge in [-0.25, -0.2) is 13.4 Å². The van der Waals surface area contributed by atoms with Gasteiger partial charge in [-0.05, 0) is 44.3 Å². The van der Waals surface area contributed by atoms with Crippen molar-refractivity contribution in [2.75, 3.05) is 38.5 Å². The molecule has 3 aromatic rings. The van der Waals surface area contributed by atoms with Crippen molar-refractivity contribution in [3.8, 4) is 9.88 Å². The predicted octanol–water partition coefficient (Wildman–Crippen LogP) is 4.02. The highest BCUT2D eigenvalue weighted by molar-refractivity contribution is 7.89. The molecule has 0 bridgehead atoms. The molecule has 1 N–H and O–H groups in total. The first kappa shape index (κ1) is 22.4. The summed E-state index contributed by atoms with van der Waals surface area (Å²) in [5, 5.41) is 3.54. The van der Waals surface area contributed by atoms with Crippen LogP contribution < -0.4 is 5.32 Å². The SMILES string of the molecule is Cc1nc(-c2ccc(Cl)s2)sc1C(=O)Nc1cccc(S(=O)(=O)N2CCN(C)CC2)c1. The lowest BCUT2D eigenvalue weighted by atomic mass is 10.3. The molecule has 1 aromatic carbocycles. The predicted molar refractivity (Wildman–Crippen MR) is 126 cm³/mol. The van der Waals surface area contributed by atoms with E-state index in [0.29, 0.717) is 46.8 Å². The molecule has 1 amide bonds. The monoisotopic (exact) mass is 496 g/mol. The van der Waals surface area contributed by atoms with Crippen LogP contribution in [0.25, 0.3) is 9.88 Å². The summed E-state index contributed by atoms with van der Waals surface area (Å²) >= 11 is 8.69. The summed E-state index contributed by atoms with van der Waals surface area (Å²) in [5.41, 5.74) is 1.04. The summed E-state index contributed by atoms with van der Waals surface area (Å²) < 4.78 is 28.1. The Balaban J connectivity index is 1.53. The van der Waals surface area contributed by atoms with Crippen LogP contribution in [-0.4, -0.2) is 61.7 Å². The Morgan fingerprint density at radius 2 is 1.87 bits per heavy atom. The average Bonchev–Trinajstić information content (AvgIpc) is 3.34. The number of nitrogens with zero attached hydrogens (tertiary/aromatic N) is 3. The van der Waals surface area contributed by atoms with E-state index in [2.05, 4.69) is 15.2 Å². The van der Waals surface area contributed by atoms with Crippen molar-refractivity contribution < 1.29 is 13.2 Å². The minimum atomic E-state index is -3.61. The Morgan fingerprint density at radius 3 is 2.55 bits per heavy atom. The van der Waals surface area contributed by atoms with Gasteiger partial charge < -0.3 is 10.2 Å². The van der Waals surface area contributed by atoms with Gasteiger partial charge in [0, 0.05) is 31.9 Å². The van der Waals surface area contributed by atoms with Crippen LogP contribution in [0.15, 0.2) is 41.3 Å². The van der Waals surface area contributed by atoms with Gasteiger partial charge in [0.15, 0.2) is 0 Å². The van der Waals surface area contributed by atoms with E-state index in [4.69, 9.17) is 11.6 Å². The van der Waals surface area contributed by atoms with Crippen molar-refractivity contribution >= 4 is 55.9 Å². The number of benzene rings is 1. The molecule has 0 saturated carbocycles. The zero-order valence-electron chi connectivity index (χ0n) is 17.0. The Hall–Kier alpha value is -1.82. The first-order chi connectivity index (χ1) is 14.7. The van der Waals surface area contributed by atoms with Crippen molar-refractivity contribution in [1.82, 2.24) is 14.2 Å². The minimum absolute atomic E-state index is 0.171. The van der Waals surface area contributed by atoms with E-state index < -0.39 is 10.0 Å². The summed E-state index contributed by atoms with van der Waals surface area (Å²) in [6.45, 7) is 4.06. The third-order valence-electron chi connectivity index (χ3n) is 4.98.